The van der Waals surface area contributed by atoms with Gasteiger partial charge in [-0.3, -0.25) is 4.68 Å². The number of anilines is 1. The van der Waals surface area contributed by atoms with Crippen LogP contribution in [-0.4, -0.2) is 27.9 Å². The van der Waals surface area contributed by atoms with Gasteiger partial charge in [0, 0.05) is 31.7 Å². The molecule has 0 amide bonds. The first kappa shape index (κ1) is 12.2. The molecule has 3 rings (SSSR count). The lowest BCUT2D eigenvalue weighted by molar-refractivity contribution is 0.342. The van der Waals surface area contributed by atoms with Crippen LogP contribution in [0.2, 0.25) is 0 Å². The quantitative estimate of drug-likeness (QED) is 0.869. The van der Waals surface area contributed by atoms with E-state index in [-0.39, 0.29) is 0 Å². The van der Waals surface area contributed by atoms with Gasteiger partial charge in [0.1, 0.15) is 11.8 Å². The van der Waals surface area contributed by atoms with Crippen LogP contribution in [0.5, 0.6) is 0 Å². The van der Waals surface area contributed by atoms with Crippen molar-refractivity contribution in [2.75, 3.05) is 18.0 Å². The number of aromatic nitrogens is 3. The van der Waals surface area contributed by atoms with Crippen LogP contribution in [0.4, 0.5) is 5.69 Å². The SMILES string of the molecule is N#Cc1ccc(N2CC(Cn3cc(Br)cn3)C2)cn1. The van der Waals surface area contributed by atoms with E-state index in [4.69, 9.17) is 5.26 Å². The van der Waals surface area contributed by atoms with Gasteiger partial charge in [0.2, 0.25) is 0 Å². The minimum Gasteiger partial charge on any atom is -0.369 e. The number of halogens is 1. The maximum absolute atomic E-state index is 8.71. The summed E-state index contributed by atoms with van der Waals surface area (Å²) in [4.78, 5) is 6.35. The molecule has 2 aromatic rings. The fraction of sp³-hybridized carbons (Fsp3) is 0.308. The van der Waals surface area contributed by atoms with Crippen LogP contribution in [-0.2, 0) is 6.54 Å². The van der Waals surface area contributed by atoms with Gasteiger partial charge >= 0.3 is 0 Å². The highest BCUT2D eigenvalue weighted by molar-refractivity contribution is 9.10. The molecular weight excluding hydrogens is 306 g/mol. The molecule has 0 radical (unpaired) electrons. The summed E-state index contributed by atoms with van der Waals surface area (Å²) >= 11 is 3.40. The van der Waals surface area contributed by atoms with Crippen LogP contribution in [0.3, 0.4) is 0 Å². The summed E-state index contributed by atoms with van der Waals surface area (Å²) < 4.78 is 2.98. The van der Waals surface area contributed by atoms with Gasteiger partial charge in [0.25, 0.3) is 0 Å². The van der Waals surface area contributed by atoms with E-state index >= 15 is 0 Å². The lowest BCUT2D eigenvalue weighted by atomic mass is 9.99. The average Bonchev–Trinajstić information content (AvgIpc) is 2.79. The minimum absolute atomic E-state index is 0.460. The lowest BCUT2D eigenvalue weighted by Crippen LogP contribution is -2.48. The van der Waals surface area contributed by atoms with Gasteiger partial charge in [-0.1, -0.05) is 0 Å². The second-order valence-corrected chi connectivity index (χ2v) is 5.58. The normalized spacial score (nSPS) is 15.1. The van der Waals surface area contributed by atoms with Gasteiger partial charge in [-0.25, -0.2) is 4.98 Å². The van der Waals surface area contributed by atoms with E-state index in [1.807, 2.05) is 23.0 Å². The van der Waals surface area contributed by atoms with E-state index in [1.165, 1.54) is 0 Å². The predicted octanol–water partition coefficient (Wildman–Crippen LogP) is 2.05. The lowest BCUT2D eigenvalue weighted by Gasteiger charge is -2.40. The summed E-state index contributed by atoms with van der Waals surface area (Å²) in [6.45, 7) is 2.95. The molecule has 1 aliphatic rings. The molecule has 1 aliphatic heterocycles. The van der Waals surface area contributed by atoms with Crippen LogP contribution in [0, 0.1) is 17.2 Å². The Labute approximate surface area is 119 Å². The Morgan fingerprint density at radius 3 is 2.79 bits per heavy atom. The monoisotopic (exact) mass is 317 g/mol. The highest BCUT2D eigenvalue weighted by Gasteiger charge is 2.27. The van der Waals surface area contributed by atoms with Crippen molar-refractivity contribution in [2.45, 2.75) is 6.54 Å². The predicted molar refractivity (Wildman–Crippen MR) is 74.6 cm³/mol. The van der Waals surface area contributed by atoms with Crippen LogP contribution in [0.15, 0.2) is 35.2 Å². The zero-order valence-corrected chi connectivity index (χ0v) is 11.8. The van der Waals surface area contributed by atoms with Crippen molar-refractivity contribution in [2.24, 2.45) is 5.92 Å². The van der Waals surface area contributed by atoms with Crippen LogP contribution >= 0.6 is 15.9 Å². The zero-order valence-electron chi connectivity index (χ0n) is 10.2. The molecule has 0 bridgehead atoms. The Morgan fingerprint density at radius 2 is 2.21 bits per heavy atom. The van der Waals surface area contributed by atoms with Crippen molar-refractivity contribution in [1.29, 1.82) is 5.26 Å². The van der Waals surface area contributed by atoms with Crippen molar-refractivity contribution in [3.63, 3.8) is 0 Å². The maximum atomic E-state index is 8.71. The van der Waals surface area contributed by atoms with E-state index in [1.54, 1.807) is 18.5 Å². The highest BCUT2D eigenvalue weighted by atomic mass is 79.9. The average molecular weight is 318 g/mol. The standard InChI is InChI=1S/C13H12BrN5/c14-11-4-17-19(9-11)8-10-6-18(7-10)13-2-1-12(3-15)16-5-13/h1-2,4-5,9-10H,6-8H2. The summed E-state index contributed by atoms with van der Waals surface area (Å²) in [6, 6.07) is 5.74. The number of pyridine rings is 1. The van der Waals surface area contributed by atoms with Gasteiger partial charge in [-0.15, -0.1) is 0 Å². The first-order valence-corrected chi connectivity index (χ1v) is 6.83. The summed E-state index contributed by atoms with van der Waals surface area (Å²) in [5, 5.41) is 13.0. The van der Waals surface area contributed by atoms with Crippen LogP contribution < -0.4 is 4.90 Å². The highest BCUT2D eigenvalue weighted by Crippen LogP contribution is 2.25. The molecule has 19 heavy (non-hydrogen) atoms. The molecule has 1 fully saturated rings. The van der Waals surface area contributed by atoms with Crippen molar-refractivity contribution in [1.82, 2.24) is 14.8 Å². The Hall–Kier alpha value is -1.87. The van der Waals surface area contributed by atoms with Gasteiger partial charge in [0.05, 0.1) is 22.6 Å². The van der Waals surface area contributed by atoms with Crippen molar-refractivity contribution in [3.8, 4) is 6.07 Å². The molecule has 96 valence electrons. The van der Waals surface area contributed by atoms with E-state index in [0.717, 1.165) is 29.8 Å². The van der Waals surface area contributed by atoms with E-state index in [2.05, 4.69) is 30.9 Å². The second-order valence-electron chi connectivity index (χ2n) is 4.67. The fourth-order valence-corrected chi connectivity index (χ4v) is 2.57. The maximum Gasteiger partial charge on any atom is 0.140 e. The molecule has 3 heterocycles. The second kappa shape index (κ2) is 5.02. The Morgan fingerprint density at radius 1 is 1.37 bits per heavy atom. The number of hydrogen-bond donors (Lipinski definition) is 0. The van der Waals surface area contributed by atoms with Crippen molar-refractivity contribution >= 4 is 21.6 Å². The third-order valence-corrected chi connectivity index (χ3v) is 3.64. The Kier molecular flexibility index (Phi) is 3.22. The molecule has 0 saturated carbocycles. The van der Waals surface area contributed by atoms with E-state index in [0.29, 0.717) is 11.6 Å². The molecule has 2 aromatic heterocycles. The number of nitriles is 1. The first-order valence-electron chi connectivity index (χ1n) is 6.03. The molecule has 0 aliphatic carbocycles. The van der Waals surface area contributed by atoms with Gasteiger partial charge in [0.15, 0.2) is 0 Å². The summed E-state index contributed by atoms with van der Waals surface area (Å²) in [7, 11) is 0. The van der Waals surface area contributed by atoms with E-state index < -0.39 is 0 Å². The van der Waals surface area contributed by atoms with Gasteiger partial charge in [-0.2, -0.15) is 10.4 Å². The molecule has 0 spiro atoms. The van der Waals surface area contributed by atoms with E-state index in [9.17, 15) is 0 Å². The zero-order chi connectivity index (χ0) is 13.2. The van der Waals surface area contributed by atoms with Crippen molar-refractivity contribution < 1.29 is 0 Å². The molecule has 0 unspecified atom stereocenters. The smallest absolute Gasteiger partial charge is 0.140 e. The third-order valence-electron chi connectivity index (χ3n) is 3.23. The van der Waals surface area contributed by atoms with Crippen LogP contribution in [0.1, 0.15) is 5.69 Å². The number of rotatable bonds is 3. The molecule has 0 N–H and O–H groups in total. The largest absolute Gasteiger partial charge is 0.369 e. The van der Waals surface area contributed by atoms with Crippen molar-refractivity contribution in [3.05, 3.63) is 40.9 Å². The van der Waals surface area contributed by atoms with Gasteiger partial charge < -0.3 is 4.90 Å². The van der Waals surface area contributed by atoms with Crippen LogP contribution in [0.25, 0.3) is 0 Å². The minimum atomic E-state index is 0.460. The molecule has 5 nitrogen and oxygen atoms in total. The summed E-state index contributed by atoms with van der Waals surface area (Å²) in [5.41, 5.74) is 1.54. The Bertz CT molecular complexity index is 607. The summed E-state index contributed by atoms with van der Waals surface area (Å²) in [6.07, 6.45) is 5.56. The molecule has 0 atom stereocenters. The fourth-order valence-electron chi connectivity index (χ4n) is 2.24. The Balaban J connectivity index is 1.56. The molecule has 0 aromatic carbocycles. The molecule has 1 saturated heterocycles. The first-order chi connectivity index (χ1) is 9.24. The summed E-state index contributed by atoms with van der Waals surface area (Å²) in [5.74, 6) is 0.613. The molecular formula is C13H12BrN5. The number of hydrogen-bond acceptors (Lipinski definition) is 4. The topological polar surface area (TPSA) is 57.7 Å². The molecule has 6 heteroatoms. The third kappa shape index (κ3) is 2.61. The number of nitrogens with zero attached hydrogens (tertiary/aromatic N) is 5. The van der Waals surface area contributed by atoms with Gasteiger partial charge in [-0.05, 0) is 28.1 Å².